The highest BCUT2D eigenvalue weighted by Crippen LogP contribution is 2.22. The highest BCUT2D eigenvalue weighted by Gasteiger charge is 2.25. The number of nitrogens with zero attached hydrogens (tertiary/aromatic N) is 3. The maximum atomic E-state index is 13.6. The minimum absolute atomic E-state index is 0.125. The lowest BCUT2D eigenvalue weighted by molar-refractivity contribution is -0.129. The van der Waals surface area contributed by atoms with Crippen LogP contribution >= 0.6 is 0 Å². The van der Waals surface area contributed by atoms with Gasteiger partial charge in [-0.05, 0) is 36.3 Å². The van der Waals surface area contributed by atoms with Gasteiger partial charge in [0, 0.05) is 19.7 Å². The Bertz CT molecular complexity index is 1360. The normalized spacial score (nSPS) is 12.2. The lowest BCUT2D eigenvalue weighted by Gasteiger charge is -2.29. The van der Waals surface area contributed by atoms with E-state index in [4.69, 9.17) is 9.72 Å². The summed E-state index contributed by atoms with van der Waals surface area (Å²) in [7, 11) is 1.60. The van der Waals surface area contributed by atoms with E-state index in [2.05, 4.69) is 0 Å². The zero-order valence-corrected chi connectivity index (χ0v) is 20.0. The van der Waals surface area contributed by atoms with Crippen molar-refractivity contribution in [1.29, 1.82) is 0 Å². The van der Waals surface area contributed by atoms with Crippen LogP contribution in [0.4, 0.5) is 0 Å². The number of benzene rings is 3. The van der Waals surface area contributed by atoms with E-state index in [9.17, 15) is 9.59 Å². The largest absolute Gasteiger partial charge is 0.383 e. The summed E-state index contributed by atoms with van der Waals surface area (Å²) >= 11 is 0. The molecule has 6 nitrogen and oxygen atoms in total. The van der Waals surface area contributed by atoms with Gasteiger partial charge in [0.2, 0.25) is 5.91 Å². The Morgan fingerprint density at radius 2 is 1.66 bits per heavy atom. The minimum atomic E-state index is -0.459. The molecule has 178 valence electrons. The molecule has 1 aromatic heterocycles. The predicted octanol–water partition coefficient (Wildman–Crippen LogP) is 4.69. The van der Waals surface area contributed by atoms with Crippen molar-refractivity contribution in [3.63, 3.8) is 0 Å². The third-order valence-electron chi connectivity index (χ3n) is 5.95. The van der Waals surface area contributed by atoms with E-state index in [1.807, 2.05) is 85.8 Å². The summed E-state index contributed by atoms with van der Waals surface area (Å²) < 4.78 is 6.96. The van der Waals surface area contributed by atoms with Crippen LogP contribution in [0.1, 0.15) is 29.9 Å². The Labute approximate surface area is 205 Å². The Kier molecular flexibility index (Phi) is 7.85. The second-order valence-electron chi connectivity index (χ2n) is 8.31. The minimum Gasteiger partial charge on any atom is -0.383 e. The molecule has 4 aromatic rings. The summed E-state index contributed by atoms with van der Waals surface area (Å²) in [4.78, 5) is 33.4. The van der Waals surface area contributed by atoms with Crippen molar-refractivity contribution in [3.8, 4) is 0 Å². The fraction of sp³-hybridized carbons (Fsp3) is 0.207. The van der Waals surface area contributed by atoms with Gasteiger partial charge in [0.25, 0.3) is 5.56 Å². The first-order valence-electron chi connectivity index (χ1n) is 11.6. The van der Waals surface area contributed by atoms with Crippen molar-refractivity contribution in [2.24, 2.45) is 0 Å². The van der Waals surface area contributed by atoms with Gasteiger partial charge in [-0.25, -0.2) is 4.98 Å². The molecule has 1 unspecified atom stereocenters. The molecule has 3 aromatic carbocycles. The number of methoxy groups -OCH3 is 1. The molecule has 0 N–H and O–H groups in total. The first kappa shape index (κ1) is 24.1. The van der Waals surface area contributed by atoms with Crippen LogP contribution in [-0.4, -0.2) is 40.6 Å². The number of amides is 1. The summed E-state index contributed by atoms with van der Waals surface area (Å²) in [5.41, 5.74) is 2.41. The summed E-state index contributed by atoms with van der Waals surface area (Å²) in [5, 5.41) is 0.554. The first-order valence-corrected chi connectivity index (χ1v) is 11.6. The first-order chi connectivity index (χ1) is 17.1. The number of fused-ring (bicyclic) bond motifs is 1. The fourth-order valence-electron chi connectivity index (χ4n) is 4.07. The van der Waals surface area contributed by atoms with E-state index >= 15 is 0 Å². The second kappa shape index (κ2) is 11.4. The van der Waals surface area contributed by atoms with E-state index in [0.29, 0.717) is 36.4 Å². The second-order valence-corrected chi connectivity index (χ2v) is 8.31. The van der Waals surface area contributed by atoms with Crippen LogP contribution < -0.4 is 5.56 Å². The van der Waals surface area contributed by atoms with E-state index < -0.39 is 6.04 Å². The van der Waals surface area contributed by atoms with Crippen molar-refractivity contribution in [2.45, 2.75) is 19.5 Å². The van der Waals surface area contributed by atoms with Crippen LogP contribution in [0.5, 0.6) is 0 Å². The van der Waals surface area contributed by atoms with Gasteiger partial charge in [0.05, 0.1) is 30.1 Å². The van der Waals surface area contributed by atoms with Gasteiger partial charge < -0.3 is 9.64 Å². The smallest absolute Gasteiger partial charge is 0.261 e. The van der Waals surface area contributed by atoms with Crippen molar-refractivity contribution in [3.05, 3.63) is 118 Å². The molecular formula is C29H29N3O3. The molecule has 0 aliphatic carbocycles. The van der Waals surface area contributed by atoms with E-state index in [-0.39, 0.29) is 11.5 Å². The molecule has 1 heterocycles. The molecule has 6 heteroatoms. The molecule has 0 fully saturated rings. The molecule has 0 saturated carbocycles. The third-order valence-corrected chi connectivity index (χ3v) is 5.95. The molecule has 1 amide bonds. The van der Waals surface area contributed by atoms with Gasteiger partial charge in [-0.2, -0.15) is 0 Å². The topological polar surface area (TPSA) is 64.4 Å². The molecule has 0 spiro atoms. The predicted molar refractivity (Wildman–Crippen MR) is 139 cm³/mol. The molecule has 1 atom stereocenters. The molecule has 4 rings (SSSR count). The monoisotopic (exact) mass is 467 g/mol. The number of ether oxygens (including phenoxy) is 1. The molecule has 0 aliphatic heterocycles. The summed E-state index contributed by atoms with van der Waals surface area (Å²) in [5.74, 6) is 0.363. The molecule has 0 bridgehead atoms. The van der Waals surface area contributed by atoms with Gasteiger partial charge in [0.1, 0.15) is 5.82 Å². The quantitative estimate of drug-likeness (QED) is 0.335. The molecule has 0 aliphatic rings. The van der Waals surface area contributed by atoms with Crippen LogP contribution in [0, 0.1) is 0 Å². The summed E-state index contributed by atoms with van der Waals surface area (Å²) in [6, 6.07) is 26.3. The Morgan fingerprint density at radius 1 is 1.00 bits per heavy atom. The van der Waals surface area contributed by atoms with Gasteiger partial charge in [-0.3, -0.25) is 14.2 Å². The maximum absolute atomic E-state index is 13.6. The number of carbonyl (C=O) groups excluding carboxylic acids is 1. The SMILES string of the molecule is COCCN(C(=O)/C=C/c1ccccc1)C(C)c1nc2ccccc2c(=O)n1Cc1ccccc1. The standard InChI is InChI=1S/C29H29N3O3/c1-22(31(19-20-35-2)27(33)18-17-23-11-5-3-6-12-23)28-30-26-16-10-9-15-25(26)29(34)32(28)21-24-13-7-4-8-14-24/h3-18,22H,19-21H2,1-2H3/b18-17+. The van der Waals surface area contributed by atoms with E-state index in [1.54, 1.807) is 34.8 Å². The van der Waals surface area contributed by atoms with Crippen LogP contribution in [0.2, 0.25) is 0 Å². The Hall–Kier alpha value is -4.03. The summed E-state index contributed by atoms with van der Waals surface area (Å²) in [6.07, 6.45) is 3.35. The number of hydrogen-bond acceptors (Lipinski definition) is 4. The van der Waals surface area contributed by atoms with E-state index in [0.717, 1.165) is 11.1 Å². The Morgan fingerprint density at radius 3 is 2.37 bits per heavy atom. The van der Waals surface area contributed by atoms with Crippen molar-refractivity contribution >= 4 is 22.9 Å². The number of hydrogen-bond donors (Lipinski definition) is 0. The summed E-state index contributed by atoms with van der Waals surface area (Å²) in [6.45, 7) is 3.00. The van der Waals surface area contributed by atoms with Gasteiger partial charge in [0.15, 0.2) is 0 Å². The van der Waals surface area contributed by atoms with Gasteiger partial charge >= 0.3 is 0 Å². The average Bonchev–Trinajstić information content (AvgIpc) is 2.90. The number of rotatable bonds is 9. The van der Waals surface area contributed by atoms with Crippen molar-refractivity contribution in [1.82, 2.24) is 14.5 Å². The molecule has 0 radical (unpaired) electrons. The van der Waals surface area contributed by atoms with Crippen LogP contribution in [0.3, 0.4) is 0 Å². The lowest BCUT2D eigenvalue weighted by atomic mass is 10.1. The molecular weight excluding hydrogens is 438 g/mol. The number of aromatic nitrogens is 2. The molecule has 35 heavy (non-hydrogen) atoms. The maximum Gasteiger partial charge on any atom is 0.261 e. The fourth-order valence-corrected chi connectivity index (χ4v) is 4.07. The average molecular weight is 468 g/mol. The highest BCUT2D eigenvalue weighted by atomic mass is 16.5. The Balaban J connectivity index is 1.76. The van der Waals surface area contributed by atoms with Crippen molar-refractivity contribution in [2.75, 3.05) is 20.3 Å². The molecule has 0 saturated heterocycles. The zero-order chi connectivity index (χ0) is 24.6. The zero-order valence-electron chi connectivity index (χ0n) is 20.0. The van der Waals surface area contributed by atoms with Crippen LogP contribution in [0.15, 0.2) is 95.8 Å². The van der Waals surface area contributed by atoms with Gasteiger partial charge in [-0.15, -0.1) is 0 Å². The van der Waals surface area contributed by atoms with Crippen LogP contribution in [-0.2, 0) is 16.1 Å². The van der Waals surface area contributed by atoms with Crippen molar-refractivity contribution < 1.29 is 9.53 Å². The number of carbonyl (C=O) groups is 1. The van der Waals surface area contributed by atoms with E-state index in [1.165, 1.54) is 0 Å². The lowest BCUT2D eigenvalue weighted by Crippen LogP contribution is -2.39. The highest BCUT2D eigenvalue weighted by molar-refractivity contribution is 5.92. The van der Waals surface area contributed by atoms with Gasteiger partial charge in [-0.1, -0.05) is 72.8 Å². The third kappa shape index (κ3) is 5.73. The number of para-hydroxylation sites is 1. The van der Waals surface area contributed by atoms with Crippen LogP contribution in [0.25, 0.3) is 17.0 Å².